The lowest BCUT2D eigenvalue weighted by Crippen LogP contribution is -2.51. The lowest BCUT2D eigenvalue weighted by molar-refractivity contribution is -0.140. The first kappa shape index (κ1) is 14.5. The molecule has 108 valence electrons. The third-order valence-corrected chi connectivity index (χ3v) is 3.54. The average molecular weight is 276 g/mol. The number of amides is 1. The van der Waals surface area contributed by atoms with Gasteiger partial charge >= 0.3 is 5.97 Å². The maximum atomic E-state index is 12.0. The fourth-order valence-electron chi connectivity index (χ4n) is 2.44. The molecule has 1 amide bonds. The minimum Gasteiger partial charge on any atom is -0.481 e. The molecule has 1 fully saturated rings. The van der Waals surface area contributed by atoms with Crippen molar-refractivity contribution >= 4 is 11.9 Å². The molecule has 1 aliphatic heterocycles. The minimum atomic E-state index is -0.762. The van der Waals surface area contributed by atoms with Crippen LogP contribution < -0.4 is 0 Å². The number of aliphatic carboxylic acids is 1. The Bertz CT molecular complexity index is 469. The third-order valence-electron chi connectivity index (χ3n) is 3.54. The van der Waals surface area contributed by atoms with E-state index in [2.05, 4.69) is 0 Å². The summed E-state index contributed by atoms with van der Waals surface area (Å²) in [6.45, 7) is 2.39. The summed E-state index contributed by atoms with van der Waals surface area (Å²) in [5.41, 5.74) is 1.11. The van der Waals surface area contributed by atoms with E-state index in [1.54, 1.807) is 11.9 Å². The highest BCUT2D eigenvalue weighted by Crippen LogP contribution is 2.18. The van der Waals surface area contributed by atoms with E-state index in [9.17, 15) is 9.59 Å². The van der Waals surface area contributed by atoms with Crippen molar-refractivity contribution < 1.29 is 14.7 Å². The number of carbonyl (C=O) groups is 2. The summed E-state index contributed by atoms with van der Waals surface area (Å²) < 4.78 is 0. The van der Waals surface area contributed by atoms with E-state index in [0.29, 0.717) is 26.2 Å². The van der Waals surface area contributed by atoms with E-state index >= 15 is 0 Å². The Hall–Kier alpha value is -1.88. The summed E-state index contributed by atoms with van der Waals surface area (Å²) in [6.07, 6.45) is 0.199. The lowest BCUT2D eigenvalue weighted by atomic mass is 9.96. The molecule has 5 nitrogen and oxygen atoms in total. The molecule has 1 saturated heterocycles. The van der Waals surface area contributed by atoms with Gasteiger partial charge in [-0.15, -0.1) is 0 Å². The van der Waals surface area contributed by atoms with Crippen LogP contribution in [0, 0.1) is 5.92 Å². The van der Waals surface area contributed by atoms with Gasteiger partial charge in [-0.25, -0.2) is 0 Å². The Morgan fingerprint density at radius 3 is 2.55 bits per heavy atom. The standard InChI is InChI=1S/C15H20N2O3/c1-16(8-12-5-3-2-4-6-12)14(18)11-17-9-13(10-17)7-15(19)20/h2-6,13H,7-11H2,1H3,(H,19,20). The first-order valence-corrected chi connectivity index (χ1v) is 6.76. The summed E-state index contributed by atoms with van der Waals surface area (Å²) in [5, 5.41) is 8.68. The Kier molecular flexibility index (Phi) is 4.74. The number of hydrogen-bond acceptors (Lipinski definition) is 3. The molecule has 5 heteroatoms. The van der Waals surface area contributed by atoms with Gasteiger partial charge in [-0.2, -0.15) is 0 Å². The van der Waals surface area contributed by atoms with Gasteiger partial charge in [0.15, 0.2) is 0 Å². The molecule has 0 unspecified atom stereocenters. The summed E-state index contributed by atoms with van der Waals surface area (Å²) in [4.78, 5) is 26.3. The number of nitrogens with zero attached hydrogens (tertiary/aromatic N) is 2. The normalized spacial score (nSPS) is 15.7. The predicted octanol–water partition coefficient (Wildman–Crippen LogP) is 1.05. The summed E-state index contributed by atoms with van der Waals surface area (Å²) in [6, 6.07) is 9.86. The highest BCUT2D eigenvalue weighted by molar-refractivity contribution is 5.78. The number of carboxylic acids is 1. The van der Waals surface area contributed by atoms with Crippen LogP contribution in [0.15, 0.2) is 30.3 Å². The zero-order valence-corrected chi connectivity index (χ0v) is 11.7. The number of hydrogen-bond donors (Lipinski definition) is 1. The van der Waals surface area contributed by atoms with E-state index in [0.717, 1.165) is 5.56 Å². The van der Waals surface area contributed by atoms with Crippen LogP contribution in [-0.2, 0) is 16.1 Å². The molecule has 1 aliphatic rings. The molecule has 0 saturated carbocycles. The molecule has 2 rings (SSSR count). The molecule has 0 aliphatic carbocycles. The van der Waals surface area contributed by atoms with Crippen LogP contribution in [0.5, 0.6) is 0 Å². The quantitative estimate of drug-likeness (QED) is 0.843. The van der Waals surface area contributed by atoms with Crippen LogP contribution in [0.25, 0.3) is 0 Å². The van der Waals surface area contributed by atoms with E-state index in [-0.39, 0.29) is 18.2 Å². The predicted molar refractivity (Wildman–Crippen MR) is 75.1 cm³/mol. The monoisotopic (exact) mass is 276 g/mol. The van der Waals surface area contributed by atoms with Crippen LogP contribution in [0.1, 0.15) is 12.0 Å². The first-order valence-electron chi connectivity index (χ1n) is 6.76. The number of benzene rings is 1. The largest absolute Gasteiger partial charge is 0.481 e. The van der Waals surface area contributed by atoms with Crippen LogP contribution in [0.3, 0.4) is 0 Å². The number of carbonyl (C=O) groups excluding carboxylic acids is 1. The summed E-state index contributed by atoms with van der Waals surface area (Å²) >= 11 is 0. The van der Waals surface area contributed by atoms with Gasteiger partial charge in [0.2, 0.25) is 5.91 Å². The van der Waals surface area contributed by atoms with Crippen molar-refractivity contribution in [3.05, 3.63) is 35.9 Å². The molecule has 0 spiro atoms. The lowest BCUT2D eigenvalue weighted by Gasteiger charge is -2.38. The second-order valence-electron chi connectivity index (χ2n) is 5.39. The van der Waals surface area contributed by atoms with Crippen molar-refractivity contribution in [2.75, 3.05) is 26.7 Å². The van der Waals surface area contributed by atoms with E-state index < -0.39 is 5.97 Å². The van der Waals surface area contributed by atoms with Crippen molar-refractivity contribution in [1.82, 2.24) is 9.80 Å². The fraction of sp³-hybridized carbons (Fsp3) is 0.467. The molecular weight excluding hydrogens is 256 g/mol. The van der Waals surface area contributed by atoms with Crippen molar-refractivity contribution in [1.29, 1.82) is 0 Å². The summed E-state index contributed by atoms with van der Waals surface area (Å²) in [5.74, 6) is -0.496. The molecule has 0 aromatic heterocycles. The Balaban J connectivity index is 1.72. The smallest absolute Gasteiger partial charge is 0.303 e. The molecule has 1 heterocycles. The number of rotatable bonds is 6. The third kappa shape index (κ3) is 4.06. The molecular formula is C15H20N2O3. The Morgan fingerprint density at radius 1 is 1.30 bits per heavy atom. The molecule has 0 atom stereocenters. The van der Waals surface area contributed by atoms with Crippen LogP contribution in [0.2, 0.25) is 0 Å². The van der Waals surface area contributed by atoms with Crippen LogP contribution in [0.4, 0.5) is 0 Å². The van der Waals surface area contributed by atoms with Crippen molar-refractivity contribution in [2.24, 2.45) is 5.92 Å². The molecule has 0 radical (unpaired) electrons. The van der Waals surface area contributed by atoms with E-state index in [4.69, 9.17) is 5.11 Å². The second-order valence-corrected chi connectivity index (χ2v) is 5.39. The molecule has 0 bridgehead atoms. The maximum absolute atomic E-state index is 12.0. The molecule has 1 N–H and O–H groups in total. The highest BCUT2D eigenvalue weighted by Gasteiger charge is 2.30. The van der Waals surface area contributed by atoms with Crippen molar-refractivity contribution in [2.45, 2.75) is 13.0 Å². The SMILES string of the molecule is CN(Cc1ccccc1)C(=O)CN1CC(CC(=O)O)C1. The molecule has 1 aromatic carbocycles. The van der Waals surface area contributed by atoms with Gasteiger partial charge in [-0.05, 0) is 11.5 Å². The number of likely N-dealkylation sites (tertiary alicyclic amines) is 1. The fourth-order valence-corrected chi connectivity index (χ4v) is 2.44. The van der Waals surface area contributed by atoms with Gasteiger partial charge in [0.05, 0.1) is 13.0 Å². The van der Waals surface area contributed by atoms with E-state index in [1.165, 1.54) is 0 Å². The summed E-state index contributed by atoms with van der Waals surface area (Å²) in [7, 11) is 1.80. The van der Waals surface area contributed by atoms with Gasteiger partial charge in [-0.1, -0.05) is 30.3 Å². The maximum Gasteiger partial charge on any atom is 0.303 e. The first-order chi connectivity index (χ1) is 9.54. The Morgan fingerprint density at radius 2 is 1.95 bits per heavy atom. The van der Waals surface area contributed by atoms with Gasteiger partial charge in [-0.3, -0.25) is 14.5 Å². The number of likely N-dealkylation sites (N-methyl/N-ethyl adjacent to an activating group) is 1. The van der Waals surface area contributed by atoms with Crippen LogP contribution >= 0.6 is 0 Å². The average Bonchev–Trinajstić information content (AvgIpc) is 2.36. The van der Waals surface area contributed by atoms with Crippen molar-refractivity contribution in [3.63, 3.8) is 0 Å². The molecule has 20 heavy (non-hydrogen) atoms. The zero-order chi connectivity index (χ0) is 14.5. The van der Waals surface area contributed by atoms with Gasteiger partial charge in [0.1, 0.15) is 0 Å². The number of carboxylic acid groups (broad SMARTS) is 1. The second kappa shape index (κ2) is 6.52. The van der Waals surface area contributed by atoms with Crippen molar-refractivity contribution in [3.8, 4) is 0 Å². The Labute approximate surface area is 118 Å². The molecule has 1 aromatic rings. The van der Waals surface area contributed by atoms with Gasteiger partial charge in [0.25, 0.3) is 0 Å². The van der Waals surface area contributed by atoms with Gasteiger partial charge in [0, 0.05) is 26.7 Å². The van der Waals surface area contributed by atoms with Gasteiger partial charge < -0.3 is 10.0 Å². The highest BCUT2D eigenvalue weighted by atomic mass is 16.4. The van der Waals surface area contributed by atoms with E-state index in [1.807, 2.05) is 35.2 Å². The minimum absolute atomic E-state index is 0.0719. The zero-order valence-electron chi connectivity index (χ0n) is 11.7. The van der Waals surface area contributed by atoms with Crippen LogP contribution in [-0.4, -0.2) is 53.5 Å². The topological polar surface area (TPSA) is 60.9 Å².